The molecule has 1 aromatic heterocycles. The van der Waals surface area contributed by atoms with Gasteiger partial charge in [-0.1, -0.05) is 18.2 Å². The maximum Gasteiger partial charge on any atom is 0.255 e. The van der Waals surface area contributed by atoms with Gasteiger partial charge < -0.3 is 9.80 Å². The number of nitrogens with one attached hydrogen (secondary N) is 2. The van der Waals surface area contributed by atoms with Gasteiger partial charge in [-0.2, -0.15) is 5.10 Å². The molecule has 1 aliphatic carbocycles. The van der Waals surface area contributed by atoms with Crippen LogP contribution in [0.3, 0.4) is 0 Å². The number of likely N-dealkylation sites (tertiary alicyclic amines) is 1. The number of aryl methyl sites for hydroxylation is 2. The van der Waals surface area contributed by atoms with Gasteiger partial charge in [0.25, 0.3) is 5.91 Å². The number of fused-ring (bicyclic) bond motifs is 1. The summed E-state index contributed by atoms with van der Waals surface area (Å²) >= 11 is 0. The van der Waals surface area contributed by atoms with E-state index in [9.17, 15) is 9.59 Å². The molecule has 1 saturated carbocycles. The summed E-state index contributed by atoms with van der Waals surface area (Å²) < 4.78 is 1.81. The normalized spacial score (nSPS) is 28.1. The van der Waals surface area contributed by atoms with E-state index in [1.54, 1.807) is 0 Å². The minimum atomic E-state index is -0.652. The zero-order valence-electron chi connectivity index (χ0n) is 20.6. The third kappa shape index (κ3) is 3.72. The minimum absolute atomic E-state index is 0.0927. The smallest absolute Gasteiger partial charge is 0.255 e. The van der Waals surface area contributed by atoms with Crippen LogP contribution in [0.2, 0.25) is 0 Å². The molecule has 1 aromatic carbocycles. The molecule has 3 atom stereocenters. The van der Waals surface area contributed by atoms with Gasteiger partial charge in [0.1, 0.15) is 12.2 Å². The summed E-state index contributed by atoms with van der Waals surface area (Å²) in [7, 11) is 1.90. The number of carbonyl (C=O) groups is 2. The van der Waals surface area contributed by atoms with Crippen LogP contribution in [0.1, 0.15) is 37.8 Å². The number of para-hydroxylation sites is 1. The third-order valence-corrected chi connectivity index (χ3v) is 8.77. The lowest BCUT2D eigenvalue weighted by Crippen LogP contribution is -2.58. The van der Waals surface area contributed by atoms with Gasteiger partial charge in [-0.05, 0) is 57.1 Å². The Morgan fingerprint density at radius 2 is 1.91 bits per heavy atom. The number of piperidine rings is 1. The predicted molar refractivity (Wildman–Crippen MR) is 134 cm³/mol. The molecule has 0 radical (unpaired) electrons. The highest BCUT2D eigenvalue weighted by molar-refractivity contribution is 6.05. The molecule has 35 heavy (non-hydrogen) atoms. The zero-order valence-corrected chi connectivity index (χ0v) is 20.6. The first-order chi connectivity index (χ1) is 17.0. The fraction of sp³-hybridized carbons (Fsp3) is 0.577. The number of aromatic nitrogens is 2. The van der Waals surface area contributed by atoms with Crippen LogP contribution in [-0.2, 0) is 16.6 Å². The number of carbonyl (C=O) groups excluding carboxylic acids is 2. The molecule has 9 nitrogen and oxygen atoms in total. The second kappa shape index (κ2) is 8.64. The fourth-order valence-electron chi connectivity index (χ4n) is 6.56. The average Bonchev–Trinajstić information content (AvgIpc) is 3.56. The molecule has 6 rings (SSSR count). The van der Waals surface area contributed by atoms with E-state index in [1.807, 2.05) is 52.7 Å². The highest BCUT2D eigenvalue weighted by Gasteiger charge is 2.55. The summed E-state index contributed by atoms with van der Waals surface area (Å²) in [5.74, 6) is 1.70. The van der Waals surface area contributed by atoms with Crippen LogP contribution >= 0.6 is 0 Å². The largest absolute Gasteiger partial charge is 0.342 e. The first-order valence-electron chi connectivity index (χ1n) is 12.9. The number of amides is 2. The Bertz CT molecular complexity index is 1090. The van der Waals surface area contributed by atoms with Crippen molar-refractivity contribution in [3.05, 3.63) is 42.1 Å². The molecule has 3 aliphatic heterocycles. The van der Waals surface area contributed by atoms with Crippen molar-refractivity contribution < 1.29 is 9.59 Å². The lowest BCUT2D eigenvalue weighted by Gasteiger charge is -2.44. The molecular weight excluding hydrogens is 442 g/mol. The maximum absolute atomic E-state index is 14.0. The average molecular weight is 478 g/mol. The molecule has 186 valence electrons. The number of hydrogen-bond donors (Lipinski definition) is 2. The Labute approximate surface area is 206 Å². The summed E-state index contributed by atoms with van der Waals surface area (Å²) in [6.07, 6.45) is 4.21. The van der Waals surface area contributed by atoms with Gasteiger partial charge in [-0.3, -0.25) is 30.0 Å². The van der Waals surface area contributed by atoms with Crippen molar-refractivity contribution in [3.63, 3.8) is 0 Å². The first-order valence-corrected chi connectivity index (χ1v) is 12.9. The quantitative estimate of drug-likeness (QED) is 0.701. The lowest BCUT2D eigenvalue weighted by molar-refractivity contribution is -0.140. The fourth-order valence-corrected chi connectivity index (χ4v) is 6.56. The number of nitrogens with zero attached hydrogens (tertiary/aromatic N) is 5. The summed E-state index contributed by atoms with van der Waals surface area (Å²) in [5, 5.41) is 4.60. The van der Waals surface area contributed by atoms with Crippen molar-refractivity contribution >= 4 is 23.3 Å². The van der Waals surface area contributed by atoms with E-state index >= 15 is 0 Å². The van der Waals surface area contributed by atoms with Crippen LogP contribution in [0.4, 0.5) is 11.5 Å². The highest BCUT2D eigenvalue weighted by atomic mass is 16.2. The van der Waals surface area contributed by atoms with Crippen molar-refractivity contribution in [2.75, 3.05) is 36.1 Å². The van der Waals surface area contributed by atoms with Crippen molar-refractivity contribution in [2.45, 2.75) is 50.6 Å². The van der Waals surface area contributed by atoms with E-state index in [4.69, 9.17) is 0 Å². The Kier molecular flexibility index (Phi) is 5.56. The van der Waals surface area contributed by atoms with Crippen LogP contribution in [0, 0.1) is 18.8 Å². The summed E-state index contributed by atoms with van der Waals surface area (Å²) in [5.41, 5.74) is 8.01. The molecule has 1 spiro atoms. The van der Waals surface area contributed by atoms with E-state index in [0.717, 1.165) is 37.2 Å². The SMILES string of the molecule is Cc1cc(N2CN(c3ccccc3)C3(CCN(C(=O)C4CCC5NNCC5C4)CC3)C2=O)nn1C. The predicted octanol–water partition coefficient (Wildman–Crippen LogP) is 1.79. The standard InChI is InChI=1S/C26H35N7O2/c1-18-14-23(29-30(18)2)32-17-33(21-6-4-3-5-7-21)26(25(32)35)10-12-31(13-11-26)24(34)19-8-9-22-20(15-19)16-27-28-22/h3-7,14,19-20,22,27-28H,8-13,15-17H2,1-2H3. The van der Waals surface area contributed by atoms with E-state index in [0.29, 0.717) is 50.4 Å². The van der Waals surface area contributed by atoms with Gasteiger partial charge in [0.15, 0.2) is 5.82 Å². The van der Waals surface area contributed by atoms with E-state index < -0.39 is 5.54 Å². The molecule has 3 saturated heterocycles. The number of hydrogen-bond acceptors (Lipinski definition) is 6. The summed E-state index contributed by atoms with van der Waals surface area (Å²) in [6, 6.07) is 12.6. The molecular formula is C26H35N7O2. The van der Waals surface area contributed by atoms with E-state index in [2.05, 4.69) is 33.0 Å². The van der Waals surface area contributed by atoms with Gasteiger partial charge >= 0.3 is 0 Å². The third-order valence-electron chi connectivity index (χ3n) is 8.77. The van der Waals surface area contributed by atoms with E-state index in [1.165, 1.54) is 0 Å². The summed E-state index contributed by atoms with van der Waals surface area (Å²) in [6.45, 7) is 4.64. The molecule has 3 unspecified atom stereocenters. The van der Waals surface area contributed by atoms with Gasteiger partial charge in [0.2, 0.25) is 5.91 Å². The molecule has 4 heterocycles. The number of benzene rings is 1. The number of hydrazine groups is 1. The maximum atomic E-state index is 14.0. The topological polar surface area (TPSA) is 85.7 Å². The van der Waals surface area contributed by atoms with Crippen molar-refractivity contribution in [2.24, 2.45) is 18.9 Å². The van der Waals surface area contributed by atoms with Crippen LogP contribution in [0.15, 0.2) is 36.4 Å². The van der Waals surface area contributed by atoms with Crippen molar-refractivity contribution in [1.82, 2.24) is 25.5 Å². The molecule has 4 fully saturated rings. The second-order valence-corrected chi connectivity index (χ2v) is 10.7. The Hall–Kier alpha value is -2.91. The van der Waals surface area contributed by atoms with Gasteiger partial charge in [0, 0.05) is 56.1 Å². The van der Waals surface area contributed by atoms with Crippen LogP contribution in [0.25, 0.3) is 0 Å². The van der Waals surface area contributed by atoms with Crippen molar-refractivity contribution in [3.8, 4) is 0 Å². The Balaban J connectivity index is 1.22. The molecule has 2 amide bonds. The molecule has 9 heteroatoms. The highest BCUT2D eigenvalue weighted by Crippen LogP contribution is 2.42. The van der Waals surface area contributed by atoms with Crippen LogP contribution < -0.4 is 20.7 Å². The van der Waals surface area contributed by atoms with Crippen LogP contribution in [-0.4, -0.2) is 64.4 Å². The summed E-state index contributed by atoms with van der Waals surface area (Å²) in [4.78, 5) is 33.6. The second-order valence-electron chi connectivity index (χ2n) is 10.7. The number of anilines is 2. The molecule has 2 N–H and O–H groups in total. The van der Waals surface area contributed by atoms with Gasteiger partial charge in [-0.15, -0.1) is 0 Å². The molecule has 4 aliphatic rings. The van der Waals surface area contributed by atoms with Crippen LogP contribution in [0.5, 0.6) is 0 Å². The molecule has 2 aromatic rings. The number of rotatable bonds is 3. The van der Waals surface area contributed by atoms with Gasteiger partial charge in [0.05, 0.1) is 0 Å². The molecule has 0 bridgehead atoms. The Morgan fingerprint density at radius 3 is 2.63 bits per heavy atom. The van der Waals surface area contributed by atoms with E-state index in [-0.39, 0.29) is 17.7 Å². The Morgan fingerprint density at radius 1 is 1.14 bits per heavy atom. The lowest BCUT2D eigenvalue weighted by atomic mass is 9.77. The zero-order chi connectivity index (χ0) is 24.2. The van der Waals surface area contributed by atoms with Crippen molar-refractivity contribution in [1.29, 1.82) is 0 Å². The van der Waals surface area contributed by atoms with Gasteiger partial charge in [-0.25, -0.2) is 0 Å². The minimum Gasteiger partial charge on any atom is -0.342 e. The first kappa shape index (κ1) is 22.5. The monoisotopic (exact) mass is 477 g/mol.